The van der Waals surface area contributed by atoms with Crippen molar-refractivity contribution < 1.29 is 9.53 Å². The number of carbonyl (C=O) groups is 1. The molecule has 0 aliphatic carbocycles. The molecule has 14 heavy (non-hydrogen) atoms. The summed E-state index contributed by atoms with van der Waals surface area (Å²) in [7, 11) is 1.26. The molecule has 0 radical (unpaired) electrons. The molecule has 0 unspecified atom stereocenters. The molecule has 0 aliphatic rings. The molecule has 0 saturated heterocycles. The number of halogens is 3. The Labute approximate surface area is 99.3 Å². The highest BCUT2D eigenvalue weighted by Crippen LogP contribution is 2.37. The largest absolute Gasteiger partial charge is 0.465 e. The fraction of sp³-hybridized carbons (Fsp3) is 0.125. The Balaban J connectivity index is 3.40. The number of hydrogen-bond acceptors (Lipinski definition) is 3. The molecule has 0 bridgehead atoms. The first-order valence-electron chi connectivity index (χ1n) is 3.50. The summed E-state index contributed by atoms with van der Waals surface area (Å²) in [5, 5.41) is 0.516. The van der Waals surface area contributed by atoms with Crippen LogP contribution in [0.1, 0.15) is 10.4 Å². The summed E-state index contributed by atoms with van der Waals surface area (Å²) in [5.74, 6) is -0.571. The van der Waals surface area contributed by atoms with Crippen LogP contribution in [0.5, 0.6) is 0 Å². The Bertz CT molecular complexity index is 395. The van der Waals surface area contributed by atoms with Gasteiger partial charge in [-0.2, -0.15) is 0 Å². The maximum absolute atomic E-state index is 11.2. The number of rotatable bonds is 1. The Morgan fingerprint density at radius 2 is 2.14 bits per heavy atom. The maximum Gasteiger partial charge on any atom is 0.340 e. The molecule has 3 nitrogen and oxygen atoms in total. The Hall–Kier alpha value is -0.450. The minimum absolute atomic E-state index is 0.148. The van der Waals surface area contributed by atoms with Crippen LogP contribution >= 0.6 is 39.1 Å². The van der Waals surface area contributed by atoms with Gasteiger partial charge in [-0.3, -0.25) is 0 Å². The second-order valence-corrected chi connectivity index (χ2v) is 4.02. The van der Waals surface area contributed by atoms with E-state index < -0.39 is 5.97 Å². The predicted molar refractivity (Wildman–Crippen MR) is 59.9 cm³/mol. The molecule has 6 heteroatoms. The fourth-order valence-corrected chi connectivity index (χ4v) is 1.67. The monoisotopic (exact) mass is 297 g/mol. The number of carbonyl (C=O) groups excluding carboxylic acids is 1. The maximum atomic E-state index is 11.2. The standard InChI is InChI=1S/C8H6BrCl2NO2/c1-14-8(13)3-2-4(10)5(9)6(11)7(3)12/h2H,12H2,1H3. The Morgan fingerprint density at radius 1 is 1.57 bits per heavy atom. The van der Waals surface area contributed by atoms with Gasteiger partial charge in [0.05, 0.1) is 32.9 Å². The first-order chi connectivity index (χ1) is 6.49. The first kappa shape index (κ1) is 11.6. The van der Waals surface area contributed by atoms with Crippen LogP contribution in [0.3, 0.4) is 0 Å². The number of nitrogen functional groups attached to an aromatic ring is 1. The molecule has 1 rings (SSSR count). The van der Waals surface area contributed by atoms with Crippen molar-refractivity contribution in [3.8, 4) is 0 Å². The van der Waals surface area contributed by atoms with Gasteiger partial charge in [0.25, 0.3) is 0 Å². The molecule has 0 aromatic heterocycles. The topological polar surface area (TPSA) is 52.3 Å². The predicted octanol–water partition coefficient (Wildman–Crippen LogP) is 3.12. The number of anilines is 1. The molecule has 0 spiro atoms. The van der Waals surface area contributed by atoms with Crippen molar-refractivity contribution in [2.24, 2.45) is 0 Å². The van der Waals surface area contributed by atoms with E-state index in [4.69, 9.17) is 28.9 Å². The summed E-state index contributed by atoms with van der Waals surface area (Å²) >= 11 is 14.8. The smallest absolute Gasteiger partial charge is 0.340 e. The lowest BCUT2D eigenvalue weighted by Gasteiger charge is -2.08. The summed E-state index contributed by atoms with van der Waals surface area (Å²) in [6.07, 6.45) is 0. The lowest BCUT2D eigenvalue weighted by Crippen LogP contribution is -2.06. The van der Waals surface area contributed by atoms with E-state index in [-0.39, 0.29) is 16.3 Å². The highest BCUT2D eigenvalue weighted by Gasteiger charge is 2.17. The van der Waals surface area contributed by atoms with Gasteiger partial charge in [0.15, 0.2) is 0 Å². The van der Waals surface area contributed by atoms with Crippen molar-refractivity contribution in [3.05, 3.63) is 26.1 Å². The summed E-state index contributed by atoms with van der Waals surface area (Å²) in [5.41, 5.74) is 5.91. The molecule has 0 fully saturated rings. The van der Waals surface area contributed by atoms with Gasteiger partial charge in [-0.15, -0.1) is 0 Å². The van der Waals surface area contributed by atoms with Gasteiger partial charge in [0, 0.05) is 0 Å². The van der Waals surface area contributed by atoms with Crippen molar-refractivity contribution in [2.45, 2.75) is 0 Å². The zero-order valence-electron chi connectivity index (χ0n) is 7.11. The van der Waals surface area contributed by atoms with E-state index >= 15 is 0 Å². The van der Waals surface area contributed by atoms with Crippen LogP contribution in [0.4, 0.5) is 5.69 Å². The third kappa shape index (κ3) is 1.97. The van der Waals surface area contributed by atoms with Gasteiger partial charge in [-0.05, 0) is 22.0 Å². The van der Waals surface area contributed by atoms with Gasteiger partial charge in [0.1, 0.15) is 0 Å². The summed E-state index contributed by atoms with van der Waals surface area (Å²) in [6, 6.07) is 1.40. The normalized spacial score (nSPS) is 10.0. The average molecular weight is 299 g/mol. The number of ether oxygens (including phenoxy) is 1. The van der Waals surface area contributed by atoms with Gasteiger partial charge >= 0.3 is 5.97 Å². The summed E-state index contributed by atoms with van der Waals surface area (Å²) in [6.45, 7) is 0. The number of nitrogens with two attached hydrogens (primary N) is 1. The van der Waals surface area contributed by atoms with Crippen LogP contribution in [-0.2, 0) is 4.74 Å². The van der Waals surface area contributed by atoms with Crippen LogP contribution in [0.15, 0.2) is 10.5 Å². The molecule has 0 saturated carbocycles. The average Bonchev–Trinajstić information content (AvgIpc) is 2.19. The second-order valence-electron chi connectivity index (χ2n) is 2.44. The molecule has 1 aromatic rings. The zero-order valence-corrected chi connectivity index (χ0v) is 10.2. The van der Waals surface area contributed by atoms with Crippen LogP contribution in [0.2, 0.25) is 10.0 Å². The molecule has 2 N–H and O–H groups in total. The Morgan fingerprint density at radius 3 is 2.64 bits per heavy atom. The lowest BCUT2D eigenvalue weighted by atomic mass is 10.2. The third-order valence-corrected chi connectivity index (χ3v) is 3.58. The quantitative estimate of drug-likeness (QED) is 0.492. The minimum Gasteiger partial charge on any atom is -0.465 e. The van der Waals surface area contributed by atoms with Crippen molar-refractivity contribution in [2.75, 3.05) is 12.8 Å². The highest BCUT2D eigenvalue weighted by molar-refractivity contribution is 9.10. The van der Waals surface area contributed by atoms with Gasteiger partial charge in [-0.25, -0.2) is 4.79 Å². The van der Waals surface area contributed by atoms with Gasteiger partial charge < -0.3 is 10.5 Å². The van der Waals surface area contributed by atoms with Gasteiger partial charge in [-0.1, -0.05) is 23.2 Å². The van der Waals surface area contributed by atoms with E-state index in [0.717, 1.165) is 0 Å². The molecular weight excluding hydrogens is 293 g/mol. The van der Waals surface area contributed by atoms with E-state index in [0.29, 0.717) is 9.50 Å². The molecule has 0 heterocycles. The third-order valence-electron chi connectivity index (χ3n) is 1.61. The zero-order chi connectivity index (χ0) is 10.9. The molecular formula is C8H6BrCl2NO2. The summed E-state index contributed by atoms with van der Waals surface area (Å²) < 4.78 is 4.98. The van der Waals surface area contributed by atoms with Crippen molar-refractivity contribution >= 4 is 50.8 Å². The molecule has 0 aliphatic heterocycles. The van der Waals surface area contributed by atoms with Crippen LogP contribution < -0.4 is 5.73 Å². The first-order valence-corrected chi connectivity index (χ1v) is 5.05. The van der Waals surface area contributed by atoms with E-state index in [1.54, 1.807) is 0 Å². The van der Waals surface area contributed by atoms with E-state index in [9.17, 15) is 4.79 Å². The van der Waals surface area contributed by atoms with Gasteiger partial charge in [0.2, 0.25) is 0 Å². The van der Waals surface area contributed by atoms with Crippen LogP contribution in [-0.4, -0.2) is 13.1 Å². The van der Waals surface area contributed by atoms with Crippen LogP contribution in [0, 0.1) is 0 Å². The number of methoxy groups -OCH3 is 1. The Kier molecular flexibility index (Phi) is 3.64. The highest BCUT2D eigenvalue weighted by atomic mass is 79.9. The fourth-order valence-electron chi connectivity index (χ4n) is 0.888. The lowest BCUT2D eigenvalue weighted by molar-refractivity contribution is 0.0602. The van der Waals surface area contributed by atoms with Crippen molar-refractivity contribution in [1.29, 1.82) is 0 Å². The van der Waals surface area contributed by atoms with E-state index in [1.807, 2.05) is 0 Å². The molecule has 1 aromatic carbocycles. The van der Waals surface area contributed by atoms with E-state index in [1.165, 1.54) is 13.2 Å². The number of hydrogen-bond donors (Lipinski definition) is 1. The van der Waals surface area contributed by atoms with E-state index in [2.05, 4.69) is 20.7 Å². The SMILES string of the molecule is COC(=O)c1cc(Cl)c(Br)c(Cl)c1N. The minimum atomic E-state index is -0.571. The molecule has 76 valence electrons. The van der Waals surface area contributed by atoms with Crippen LogP contribution in [0.25, 0.3) is 0 Å². The molecule has 0 amide bonds. The number of benzene rings is 1. The molecule has 0 atom stereocenters. The van der Waals surface area contributed by atoms with Crippen molar-refractivity contribution in [1.82, 2.24) is 0 Å². The van der Waals surface area contributed by atoms with Crippen molar-refractivity contribution in [3.63, 3.8) is 0 Å². The number of esters is 1. The second kappa shape index (κ2) is 4.38. The summed E-state index contributed by atoms with van der Waals surface area (Å²) in [4.78, 5) is 11.2.